The number of nitro groups is 1. The Kier molecular flexibility index (Phi) is 4.74. The molecule has 1 N–H and O–H groups in total. The standard InChI is InChI=1S/C10H13FN2O4S/c1-2-3-4-12-18(16,17)10-6-8(11)5-9(7-10)13(14)15/h5-7,12H,2-4H2,1H3. The topological polar surface area (TPSA) is 89.3 Å². The first-order valence-electron chi connectivity index (χ1n) is 5.31. The van der Waals surface area contributed by atoms with Crippen molar-refractivity contribution >= 4 is 15.7 Å². The van der Waals surface area contributed by atoms with E-state index in [1.807, 2.05) is 6.92 Å². The summed E-state index contributed by atoms with van der Waals surface area (Å²) < 4.78 is 38.8. The van der Waals surface area contributed by atoms with Crippen molar-refractivity contribution < 1.29 is 17.7 Å². The first-order valence-corrected chi connectivity index (χ1v) is 6.80. The number of nitrogens with zero attached hydrogens (tertiary/aromatic N) is 1. The lowest BCUT2D eigenvalue weighted by Crippen LogP contribution is -2.24. The molecular formula is C10H13FN2O4S. The predicted molar refractivity (Wildman–Crippen MR) is 63.2 cm³/mol. The van der Waals surface area contributed by atoms with Crippen molar-refractivity contribution in [2.75, 3.05) is 6.54 Å². The summed E-state index contributed by atoms with van der Waals surface area (Å²) in [7, 11) is -3.91. The summed E-state index contributed by atoms with van der Waals surface area (Å²) in [6.45, 7) is 2.10. The number of nitro benzene ring substituents is 1. The number of nitrogens with one attached hydrogen (secondary N) is 1. The second kappa shape index (κ2) is 5.87. The molecule has 6 nitrogen and oxygen atoms in total. The van der Waals surface area contributed by atoms with Gasteiger partial charge in [0.1, 0.15) is 5.82 Å². The van der Waals surface area contributed by atoms with Crippen LogP contribution in [0, 0.1) is 15.9 Å². The van der Waals surface area contributed by atoms with Crippen LogP contribution in [0.15, 0.2) is 23.1 Å². The fourth-order valence-electron chi connectivity index (χ4n) is 1.28. The number of benzene rings is 1. The van der Waals surface area contributed by atoms with Gasteiger partial charge in [0.2, 0.25) is 10.0 Å². The Hall–Kier alpha value is -1.54. The molecule has 0 aliphatic heterocycles. The van der Waals surface area contributed by atoms with Crippen molar-refractivity contribution in [2.24, 2.45) is 0 Å². The number of rotatable bonds is 6. The van der Waals surface area contributed by atoms with Crippen LogP contribution in [-0.4, -0.2) is 19.9 Å². The van der Waals surface area contributed by atoms with Gasteiger partial charge in [0.25, 0.3) is 5.69 Å². The molecule has 1 rings (SSSR count). The Balaban J connectivity index is 3.05. The Bertz CT molecular complexity index is 545. The molecule has 8 heteroatoms. The van der Waals surface area contributed by atoms with Crippen LogP contribution >= 0.6 is 0 Å². The Morgan fingerprint density at radius 1 is 1.39 bits per heavy atom. The van der Waals surface area contributed by atoms with Crippen molar-refractivity contribution in [1.82, 2.24) is 4.72 Å². The smallest absolute Gasteiger partial charge is 0.258 e. The molecule has 0 radical (unpaired) electrons. The summed E-state index contributed by atoms with van der Waals surface area (Å²) in [6, 6.07) is 2.25. The maximum atomic E-state index is 13.1. The summed E-state index contributed by atoms with van der Waals surface area (Å²) in [6.07, 6.45) is 1.43. The summed E-state index contributed by atoms with van der Waals surface area (Å²) in [5, 5.41) is 10.5. The van der Waals surface area contributed by atoms with Gasteiger partial charge in [-0.2, -0.15) is 0 Å². The highest BCUT2D eigenvalue weighted by Gasteiger charge is 2.19. The minimum absolute atomic E-state index is 0.211. The molecule has 0 saturated heterocycles. The van der Waals surface area contributed by atoms with Crippen LogP contribution in [-0.2, 0) is 10.0 Å². The van der Waals surface area contributed by atoms with Crippen molar-refractivity contribution in [3.63, 3.8) is 0 Å². The summed E-state index contributed by atoms with van der Waals surface area (Å²) in [4.78, 5) is 9.24. The predicted octanol–water partition coefficient (Wildman–Crippen LogP) is 1.81. The molecule has 1 aromatic rings. The van der Waals surface area contributed by atoms with Gasteiger partial charge < -0.3 is 0 Å². The minimum atomic E-state index is -3.91. The number of halogens is 1. The van der Waals surface area contributed by atoms with Crippen LogP contribution in [0.5, 0.6) is 0 Å². The van der Waals surface area contributed by atoms with Crippen molar-refractivity contribution in [3.05, 3.63) is 34.1 Å². The third-order valence-corrected chi connectivity index (χ3v) is 3.64. The van der Waals surface area contributed by atoms with Crippen molar-refractivity contribution in [3.8, 4) is 0 Å². The zero-order valence-electron chi connectivity index (χ0n) is 9.72. The van der Waals surface area contributed by atoms with E-state index in [9.17, 15) is 22.9 Å². The van der Waals surface area contributed by atoms with Gasteiger partial charge in [-0.05, 0) is 12.5 Å². The summed E-state index contributed by atoms with van der Waals surface area (Å²) >= 11 is 0. The molecule has 0 fully saturated rings. The van der Waals surface area contributed by atoms with E-state index in [1.54, 1.807) is 0 Å². The van der Waals surface area contributed by atoms with Gasteiger partial charge in [-0.15, -0.1) is 0 Å². The van der Waals surface area contributed by atoms with E-state index in [0.29, 0.717) is 12.5 Å². The lowest BCUT2D eigenvalue weighted by atomic mass is 10.3. The number of sulfonamides is 1. The van der Waals surface area contributed by atoms with Crippen LogP contribution in [0.3, 0.4) is 0 Å². The largest absolute Gasteiger partial charge is 0.273 e. The van der Waals surface area contributed by atoms with Crippen LogP contribution in [0.4, 0.5) is 10.1 Å². The van der Waals surface area contributed by atoms with Crippen LogP contribution < -0.4 is 4.72 Å². The van der Waals surface area contributed by atoms with Gasteiger partial charge in [0.05, 0.1) is 15.9 Å². The van der Waals surface area contributed by atoms with Crippen LogP contribution in [0.25, 0.3) is 0 Å². The van der Waals surface area contributed by atoms with Crippen molar-refractivity contribution in [1.29, 1.82) is 0 Å². The molecule has 0 aliphatic carbocycles. The van der Waals surface area contributed by atoms with Gasteiger partial charge >= 0.3 is 0 Å². The molecule has 0 unspecified atom stereocenters. The highest BCUT2D eigenvalue weighted by Crippen LogP contribution is 2.19. The Morgan fingerprint density at radius 3 is 2.61 bits per heavy atom. The van der Waals surface area contributed by atoms with E-state index in [-0.39, 0.29) is 6.54 Å². The lowest BCUT2D eigenvalue weighted by Gasteiger charge is -2.06. The second-order valence-corrected chi connectivity index (χ2v) is 5.42. The molecule has 1 aromatic carbocycles. The van der Waals surface area contributed by atoms with E-state index in [1.165, 1.54) is 0 Å². The van der Waals surface area contributed by atoms with Crippen LogP contribution in [0.2, 0.25) is 0 Å². The maximum Gasteiger partial charge on any atom is 0.273 e. The average molecular weight is 276 g/mol. The zero-order valence-corrected chi connectivity index (χ0v) is 10.5. The summed E-state index contributed by atoms with van der Waals surface area (Å²) in [5.74, 6) is -0.958. The van der Waals surface area contributed by atoms with Gasteiger partial charge in [-0.25, -0.2) is 17.5 Å². The molecule has 0 aliphatic rings. The molecule has 18 heavy (non-hydrogen) atoms. The molecule has 0 atom stereocenters. The third-order valence-electron chi connectivity index (χ3n) is 2.20. The average Bonchev–Trinajstić information content (AvgIpc) is 2.28. The highest BCUT2D eigenvalue weighted by atomic mass is 32.2. The van der Waals surface area contributed by atoms with E-state index >= 15 is 0 Å². The molecule has 0 heterocycles. The third kappa shape index (κ3) is 3.74. The van der Waals surface area contributed by atoms with Crippen LogP contribution in [0.1, 0.15) is 19.8 Å². The molecule has 0 spiro atoms. The molecule has 0 amide bonds. The zero-order chi connectivity index (χ0) is 13.8. The fourth-order valence-corrected chi connectivity index (χ4v) is 2.40. The molecular weight excluding hydrogens is 263 g/mol. The first-order chi connectivity index (χ1) is 8.36. The SMILES string of the molecule is CCCCNS(=O)(=O)c1cc(F)cc([N+](=O)[O-])c1. The van der Waals surface area contributed by atoms with Gasteiger partial charge in [-0.3, -0.25) is 10.1 Å². The Morgan fingerprint density at radius 2 is 2.06 bits per heavy atom. The van der Waals surface area contributed by atoms with Crippen molar-refractivity contribution in [2.45, 2.75) is 24.7 Å². The highest BCUT2D eigenvalue weighted by molar-refractivity contribution is 7.89. The number of unbranched alkanes of at least 4 members (excludes halogenated alkanes) is 1. The number of non-ortho nitro benzene ring substituents is 1. The number of hydrogen-bond acceptors (Lipinski definition) is 4. The first kappa shape index (κ1) is 14.5. The quantitative estimate of drug-likeness (QED) is 0.487. The van der Waals surface area contributed by atoms with E-state index in [2.05, 4.69) is 4.72 Å². The lowest BCUT2D eigenvalue weighted by molar-refractivity contribution is -0.385. The molecule has 0 aromatic heterocycles. The van der Waals surface area contributed by atoms with Gasteiger partial charge in [0, 0.05) is 12.6 Å². The minimum Gasteiger partial charge on any atom is -0.258 e. The van der Waals surface area contributed by atoms with E-state index < -0.39 is 31.3 Å². The van der Waals surface area contributed by atoms with E-state index in [0.717, 1.165) is 18.6 Å². The summed E-state index contributed by atoms with van der Waals surface area (Å²) in [5.41, 5.74) is -0.592. The molecule has 0 bridgehead atoms. The normalized spacial score (nSPS) is 11.4. The maximum absolute atomic E-state index is 13.1. The van der Waals surface area contributed by atoms with Gasteiger partial charge in [0.15, 0.2) is 0 Å². The second-order valence-electron chi connectivity index (χ2n) is 3.65. The molecule has 100 valence electrons. The Labute approximate surface area is 104 Å². The van der Waals surface area contributed by atoms with Gasteiger partial charge in [-0.1, -0.05) is 13.3 Å². The number of hydrogen-bond donors (Lipinski definition) is 1. The monoisotopic (exact) mass is 276 g/mol. The van der Waals surface area contributed by atoms with E-state index in [4.69, 9.17) is 0 Å². The molecule has 0 saturated carbocycles. The fraction of sp³-hybridized carbons (Fsp3) is 0.400.